The van der Waals surface area contributed by atoms with E-state index in [1.54, 1.807) is 25.1 Å². The second-order valence-corrected chi connectivity index (χ2v) is 7.19. The highest BCUT2D eigenvalue weighted by molar-refractivity contribution is 6.22. The highest BCUT2D eigenvalue weighted by Crippen LogP contribution is 2.27. The van der Waals surface area contributed by atoms with Crippen LogP contribution in [-0.4, -0.2) is 61.6 Å². The molecule has 33 heavy (non-hydrogen) atoms. The number of rotatable bonds is 9. The zero-order valence-electron chi connectivity index (χ0n) is 18.2. The Bertz CT molecular complexity index is 1040. The van der Waals surface area contributed by atoms with E-state index in [2.05, 4.69) is 5.32 Å². The van der Waals surface area contributed by atoms with Gasteiger partial charge in [0.1, 0.15) is 11.9 Å². The molecule has 1 aliphatic rings. The van der Waals surface area contributed by atoms with Crippen molar-refractivity contribution in [3.63, 3.8) is 0 Å². The standard InChI is InChI=1S/C23H24FN3O6/c1-3-33-22(30)15-5-4-6-17(13-15)25-20(28)14-19-21(29)27(18-9-7-16(24)8-10-18)23(31)26(19)11-12-32-2/h4-10,13,19H,3,11-12,14H2,1-2H3,(H,25,28)/t19-/m1/s1. The highest BCUT2D eigenvalue weighted by atomic mass is 19.1. The molecule has 2 aromatic rings. The first-order valence-electron chi connectivity index (χ1n) is 10.3. The van der Waals surface area contributed by atoms with Gasteiger partial charge in [0.25, 0.3) is 5.91 Å². The first-order chi connectivity index (χ1) is 15.8. The zero-order chi connectivity index (χ0) is 24.0. The number of imide groups is 1. The van der Waals surface area contributed by atoms with Crippen LogP contribution in [0.4, 0.5) is 20.6 Å². The maximum absolute atomic E-state index is 13.3. The lowest BCUT2D eigenvalue weighted by Crippen LogP contribution is -2.39. The van der Waals surface area contributed by atoms with E-state index < -0.39 is 35.7 Å². The Labute approximate surface area is 190 Å². The van der Waals surface area contributed by atoms with E-state index in [4.69, 9.17) is 9.47 Å². The first-order valence-corrected chi connectivity index (χ1v) is 10.3. The van der Waals surface area contributed by atoms with Crippen LogP contribution in [0.15, 0.2) is 48.5 Å². The Kier molecular flexibility index (Phi) is 7.73. The minimum Gasteiger partial charge on any atom is -0.462 e. The molecule has 0 spiro atoms. The smallest absolute Gasteiger partial charge is 0.338 e. The molecule has 1 heterocycles. The summed E-state index contributed by atoms with van der Waals surface area (Å²) in [5.41, 5.74) is 0.825. The number of nitrogens with zero attached hydrogens (tertiary/aromatic N) is 2. The molecule has 0 bridgehead atoms. The fraction of sp³-hybridized carbons (Fsp3) is 0.304. The van der Waals surface area contributed by atoms with Crippen molar-refractivity contribution >= 4 is 35.2 Å². The van der Waals surface area contributed by atoms with Crippen LogP contribution in [0.25, 0.3) is 0 Å². The van der Waals surface area contributed by atoms with Crippen LogP contribution in [0.3, 0.4) is 0 Å². The third-order valence-electron chi connectivity index (χ3n) is 4.98. The van der Waals surface area contributed by atoms with Crippen LogP contribution in [0, 0.1) is 5.82 Å². The van der Waals surface area contributed by atoms with Crippen molar-refractivity contribution in [2.75, 3.05) is 37.1 Å². The molecule has 10 heteroatoms. The fourth-order valence-corrected chi connectivity index (χ4v) is 3.43. The summed E-state index contributed by atoms with van der Waals surface area (Å²) in [6, 6.07) is 9.45. The van der Waals surface area contributed by atoms with Gasteiger partial charge in [-0.05, 0) is 49.4 Å². The van der Waals surface area contributed by atoms with Crippen molar-refractivity contribution in [2.24, 2.45) is 0 Å². The third kappa shape index (κ3) is 5.53. The molecule has 1 atom stereocenters. The molecule has 1 N–H and O–H groups in total. The lowest BCUT2D eigenvalue weighted by molar-refractivity contribution is -0.124. The van der Waals surface area contributed by atoms with E-state index in [0.717, 1.165) is 17.0 Å². The van der Waals surface area contributed by atoms with Crippen LogP contribution >= 0.6 is 0 Å². The van der Waals surface area contributed by atoms with Crippen molar-refractivity contribution in [3.8, 4) is 0 Å². The molecule has 0 aromatic heterocycles. The van der Waals surface area contributed by atoms with Gasteiger partial charge in [-0.2, -0.15) is 0 Å². The van der Waals surface area contributed by atoms with Crippen LogP contribution in [-0.2, 0) is 19.1 Å². The molecule has 0 aliphatic carbocycles. The van der Waals surface area contributed by atoms with Gasteiger partial charge in [0.15, 0.2) is 0 Å². The molecular formula is C23H24FN3O6. The van der Waals surface area contributed by atoms with E-state index in [1.807, 2.05) is 0 Å². The van der Waals surface area contributed by atoms with E-state index in [-0.39, 0.29) is 37.4 Å². The zero-order valence-corrected chi connectivity index (χ0v) is 18.2. The van der Waals surface area contributed by atoms with Crippen molar-refractivity contribution < 1.29 is 33.0 Å². The number of urea groups is 1. The average molecular weight is 457 g/mol. The fourth-order valence-electron chi connectivity index (χ4n) is 3.43. The number of nitrogens with one attached hydrogen (secondary N) is 1. The van der Waals surface area contributed by atoms with E-state index in [9.17, 15) is 23.6 Å². The number of halogens is 1. The summed E-state index contributed by atoms with van der Waals surface area (Å²) in [7, 11) is 1.46. The van der Waals surface area contributed by atoms with Crippen molar-refractivity contribution in [1.29, 1.82) is 0 Å². The molecular weight excluding hydrogens is 433 g/mol. The van der Waals surface area contributed by atoms with Gasteiger partial charge in [0, 0.05) is 19.3 Å². The molecule has 0 saturated carbocycles. The number of hydrogen-bond acceptors (Lipinski definition) is 6. The molecule has 0 unspecified atom stereocenters. The summed E-state index contributed by atoms with van der Waals surface area (Å²) in [5, 5.41) is 2.64. The van der Waals surface area contributed by atoms with Crippen LogP contribution in [0.2, 0.25) is 0 Å². The lowest BCUT2D eigenvalue weighted by atomic mass is 10.1. The predicted molar refractivity (Wildman–Crippen MR) is 117 cm³/mol. The Morgan fingerprint density at radius 2 is 1.85 bits per heavy atom. The maximum Gasteiger partial charge on any atom is 0.338 e. The second kappa shape index (κ2) is 10.7. The second-order valence-electron chi connectivity index (χ2n) is 7.19. The Balaban J connectivity index is 1.77. The summed E-state index contributed by atoms with van der Waals surface area (Å²) < 4.78 is 23.3. The van der Waals surface area contributed by atoms with Gasteiger partial charge in [-0.25, -0.2) is 18.9 Å². The van der Waals surface area contributed by atoms with Crippen molar-refractivity contribution in [2.45, 2.75) is 19.4 Å². The quantitative estimate of drug-likeness (QED) is 0.459. The van der Waals surface area contributed by atoms with E-state index in [1.165, 1.54) is 30.2 Å². The van der Waals surface area contributed by atoms with E-state index in [0.29, 0.717) is 5.69 Å². The van der Waals surface area contributed by atoms with Gasteiger partial charge < -0.3 is 19.7 Å². The summed E-state index contributed by atoms with van der Waals surface area (Å²) in [4.78, 5) is 52.8. The van der Waals surface area contributed by atoms with Gasteiger partial charge >= 0.3 is 12.0 Å². The van der Waals surface area contributed by atoms with Gasteiger partial charge in [0.05, 0.1) is 30.9 Å². The monoisotopic (exact) mass is 457 g/mol. The minimum absolute atomic E-state index is 0.0923. The molecule has 1 fully saturated rings. The molecule has 1 saturated heterocycles. The normalized spacial score (nSPS) is 15.7. The first kappa shape index (κ1) is 23.9. The number of benzene rings is 2. The highest BCUT2D eigenvalue weighted by Gasteiger charge is 2.46. The largest absolute Gasteiger partial charge is 0.462 e. The lowest BCUT2D eigenvalue weighted by Gasteiger charge is -2.21. The SMILES string of the molecule is CCOC(=O)c1cccc(NC(=O)C[C@@H]2C(=O)N(c3ccc(F)cc3)C(=O)N2CCOC)c1. The van der Waals surface area contributed by atoms with Gasteiger partial charge in [-0.1, -0.05) is 6.07 Å². The number of methoxy groups -OCH3 is 1. The molecule has 174 valence electrons. The summed E-state index contributed by atoms with van der Waals surface area (Å²) in [5.74, 6) is -2.15. The van der Waals surface area contributed by atoms with Gasteiger partial charge in [-0.15, -0.1) is 0 Å². The number of carbonyl (C=O) groups excluding carboxylic acids is 4. The topological polar surface area (TPSA) is 105 Å². The molecule has 0 radical (unpaired) electrons. The average Bonchev–Trinajstić information content (AvgIpc) is 3.02. The van der Waals surface area contributed by atoms with Gasteiger partial charge in [0.2, 0.25) is 5.91 Å². The van der Waals surface area contributed by atoms with E-state index >= 15 is 0 Å². The summed E-state index contributed by atoms with van der Waals surface area (Å²) in [6.07, 6.45) is -0.310. The number of esters is 1. The Morgan fingerprint density at radius 1 is 1.12 bits per heavy atom. The molecule has 2 aromatic carbocycles. The molecule has 4 amide bonds. The number of carbonyl (C=O) groups is 4. The van der Waals surface area contributed by atoms with Crippen LogP contribution in [0.1, 0.15) is 23.7 Å². The molecule has 9 nitrogen and oxygen atoms in total. The van der Waals surface area contributed by atoms with Crippen LogP contribution < -0.4 is 10.2 Å². The molecule has 3 rings (SSSR count). The molecule has 1 aliphatic heterocycles. The minimum atomic E-state index is -1.06. The number of amides is 4. The summed E-state index contributed by atoms with van der Waals surface area (Å²) >= 11 is 0. The number of ether oxygens (including phenoxy) is 2. The Hall–Kier alpha value is -3.79. The van der Waals surface area contributed by atoms with Gasteiger partial charge in [-0.3, -0.25) is 9.59 Å². The van der Waals surface area contributed by atoms with Crippen molar-refractivity contribution in [1.82, 2.24) is 4.90 Å². The maximum atomic E-state index is 13.3. The predicted octanol–water partition coefficient (Wildman–Crippen LogP) is 2.81. The van der Waals surface area contributed by atoms with Crippen LogP contribution in [0.5, 0.6) is 0 Å². The third-order valence-corrected chi connectivity index (χ3v) is 4.98. The number of hydrogen-bond donors (Lipinski definition) is 1. The number of anilines is 2. The Morgan fingerprint density at radius 3 is 2.52 bits per heavy atom. The summed E-state index contributed by atoms with van der Waals surface area (Å²) in [6.45, 7) is 2.16. The van der Waals surface area contributed by atoms with Crippen molar-refractivity contribution in [3.05, 3.63) is 59.9 Å².